The number of ether oxygens (including phenoxy) is 3. The number of nitrogens with zero attached hydrogens (tertiary/aromatic N) is 1. The summed E-state index contributed by atoms with van der Waals surface area (Å²) in [6.45, 7) is 9.68. The van der Waals surface area contributed by atoms with E-state index in [4.69, 9.17) is 19.9 Å². The predicted octanol–water partition coefficient (Wildman–Crippen LogP) is 5.17. The van der Waals surface area contributed by atoms with E-state index in [0.29, 0.717) is 36.1 Å². The van der Waals surface area contributed by atoms with E-state index < -0.39 is 5.60 Å². The van der Waals surface area contributed by atoms with Crippen molar-refractivity contribution in [1.82, 2.24) is 4.90 Å². The highest BCUT2D eigenvalue weighted by atomic mass is 16.6. The Labute approximate surface area is 186 Å². The van der Waals surface area contributed by atoms with Gasteiger partial charge in [-0.1, -0.05) is 19.4 Å². The fraction of sp³-hybridized carbons (Fsp3) is 0.667. The fourth-order valence-corrected chi connectivity index (χ4v) is 3.56. The fourth-order valence-electron chi connectivity index (χ4n) is 3.56. The summed E-state index contributed by atoms with van der Waals surface area (Å²) in [5.41, 5.74) is 6.00. The molecule has 7 heteroatoms. The number of carbonyl (C=O) groups is 2. The van der Waals surface area contributed by atoms with Gasteiger partial charge in [-0.15, -0.1) is 0 Å². The minimum Gasteiger partial charge on any atom is -0.491 e. The van der Waals surface area contributed by atoms with Gasteiger partial charge in [-0.05, 0) is 70.9 Å². The van der Waals surface area contributed by atoms with Crippen LogP contribution in [0.4, 0.5) is 10.5 Å². The van der Waals surface area contributed by atoms with Crippen LogP contribution >= 0.6 is 0 Å². The third-order valence-electron chi connectivity index (χ3n) is 5.23. The Hall–Kier alpha value is -2.44. The molecule has 0 aliphatic carbocycles. The number of unbranched alkanes of at least 4 members (excludes halogenated alkanes) is 1. The van der Waals surface area contributed by atoms with E-state index in [2.05, 4.69) is 0 Å². The Bertz CT molecular complexity index is 721. The summed E-state index contributed by atoms with van der Waals surface area (Å²) in [5.74, 6) is 1.24. The van der Waals surface area contributed by atoms with Gasteiger partial charge in [0.25, 0.3) is 0 Å². The van der Waals surface area contributed by atoms with E-state index in [9.17, 15) is 9.59 Å². The lowest BCUT2D eigenvalue weighted by atomic mass is 9.92. The molecule has 0 bridgehead atoms. The van der Waals surface area contributed by atoms with Crippen molar-refractivity contribution < 1.29 is 23.8 Å². The van der Waals surface area contributed by atoms with Crippen LogP contribution in [0.15, 0.2) is 18.2 Å². The Morgan fingerprint density at radius 3 is 2.45 bits per heavy atom. The molecule has 0 saturated carbocycles. The number of para-hydroxylation sites is 1. The van der Waals surface area contributed by atoms with Crippen molar-refractivity contribution in [1.29, 1.82) is 0 Å². The van der Waals surface area contributed by atoms with Crippen LogP contribution in [-0.4, -0.2) is 42.3 Å². The number of anilines is 1. The van der Waals surface area contributed by atoms with Gasteiger partial charge in [-0.25, -0.2) is 4.79 Å². The van der Waals surface area contributed by atoms with Gasteiger partial charge < -0.3 is 24.8 Å². The molecule has 2 N–H and O–H groups in total. The molecule has 1 amide bonds. The van der Waals surface area contributed by atoms with Crippen LogP contribution in [0.25, 0.3) is 0 Å². The molecule has 0 aromatic heterocycles. The smallest absolute Gasteiger partial charge is 0.410 e. The molecule has 1 saturated heterocycles. The topological polar surface area (TPSA) is 91.1 Å². The molecule has 1 aromatic rings. The average Bonchev–Trinajstić information content (AvgIpc) is 2.69. The quantitative estimate of drug-likeness (QED) is 0.249. The number of hydrogen-bond acceptors (Lipinski definition) is 6. The third kappa shape index (κ3) is 8.67. The molecule has 0 atom stereocenters. The summed E-state index contributed by atoms with van der Waals surface area (Å²) < 4.78 is 16.6. The normalized spacial score (nSPS) is 14.9. The van der Waals surface area contributed by atoms with Crippen LogP contribution < -0.4 is 15.2 Å². The molecule has 1 aliphatic heterocycles. The number of nitrogens with two attached hydrogens (primary N) is 1. The van der Waals surface area contributed by atoms with Gasteiger partial charge in [-0.3, -0.25) is 4.79 Å². The third-order valence-corrected chi connectivity index (χ3v) is 5.23. The van der Waals surface area contributed by atoms with Crippen molar-refractivity contribution in [2.24, 2.45) is 5.92 Å². The number of hydrogen-bond donors (Lipinski definition) is 1. The van der Waals surface area contributed by atoms with Crippen LogP contribution in [0.5, 0.6) is 11.5 Å². The molecule has 0 spiro atoms. The summed E-state index contributed by atoms with van der Waals surface area (Å²) in [6, 6.07) is 5.25. The molecule has 0 radical (unpaired) electrons. The minimum absolute atomic E-state index is 0.209. The van der Waals surface area contributed by atoms with Crippen molar-refractivity contribution in [2.45, 2.75) is 78.2 Å². The maximum atomic E-state index is 12.1. The van der Waals surface area contributed by atoms with E-state index in [1.54, 1.807) is 18.2 Å². The SMILES string of the molecule is CCCC(=O)Oc1cccc(OCCCCC2CCN(C(=O)OC(C)(C)C)CC2)c1N. The van der Waals surface area contributed by atoms with Crippen LogP contribution in [0.1, 0.15) is 72.6 Å². The molecule has 1 aliphatic rings. The van der Waals surface area contributed by atoms with Crippen LogP contribution in [0.2, 0.25) is 0 Å². The standard InChI is InChI=1S/C24H38N2O5/c1-5-9-21(27)30-20-12-8-11-19(22(20)25)29-17-7-6-10-18-13-15-26(16-14-18)23(28)31-24(2,3)4/h8,11-12,18H,5-7,9-10,13-17,25H2,1-4H3. The first-order valence-corrected chi connectivity index (χ1v) is 11.4. The second-order valence-corrected chi connectivity index (χ2v) is 9.15. The second-order valence-electron chi connectivity index (χ2n) is 9.15. The molecule has 1 aromatic carbocycles. The molecule has 174 valence electrons. The summed E-state index contributed by atoms with van der Waals surface area (Å²) >= 11 is 0. The summed E-state index contributed by atoms with van der Waals surface area (Å²) in [5, 5.41) is 0. The lowest BCUT2D eigenvalue weighted by Gasteiger charge is -2.33. The zero-order chi connectivity index (χ0) is 22.9. The summed E-state index contributed by atoms with van der Waals surface area (Å²) in [6.07, 6.45) is 6.01. The number of piperidine rings is 1. The number of rotatable bonds is 9. The summed E-state index contributed by atoms with van der Waals surface area (Å²) in [7, 11) is 0. The maximum Gasteiger partial charge on any atom is 0.410 e. The average molecular weight is 435 g/mol. The van der Waals surface area contributed by atoms with Gasteiger partial charge in [0.2, 0.25) is 0 Å². The highest BCUT2D eigenvalue weighted by Gasteiger charge is 2.26. The van der Waals surface area contributed by atoms with Crippen molar-refractivity contribution >= 4 is 17.7 Å². The number of nitrogen functional groups attached to an aromatic ring is 1. The van der Waals surface area contributed by atoms with Crippen molar-refractivity contribution in [3.63, 3.8) is 0 Å². The van der Waals surface area contributed by atoms with Gasteiger partial charge in [0.1, 0.15) is 17.0 Å². The molecule has 0 unspecified atom stereocenters. The number of carbonyl (C=O) groups excluding carboxylic acids is 2. The van der Waals surface area contributed by atoms with Crippen molar-refractivity contribution in [3.05, 3.63) is 18.2 Å². The zero-order valence-corrected chi connectivity index (χ0v) is 19.4. The highest BCUT2D eigenvalue weighted by Crippen LogP contribution is 2.32. The molecule has 31 heavy (non-hydrogen) atoms. The zero-order valence-electron chi connectivity index (χ0n) is 19.4. The van der Waals surface area contributed by atoms with Gasteiger partial charge in [0.15, 0.2) is 5.75 Å². The van der Waals surface area contributed by atoms with Crippen molar-refractivity contribution in [2.75, 3.05) is 25.4 Å². The monoisotopic (exact) mass is 434 g/mol. The molecule has 7 nitrogen and oxygen atoms in total. The van der Waals surface area contributed by atoms with Crippen molar-refractivity contribution in [3.8, 4) is 11.5 Å². The minimum atomic E-state index is -0.450. The van der Waals surface area contributed by atoms with E-state index >= 15 is 0 Å². The Morgan fingerprint density at radius 2 is 1.81 bits per heavy atom. The van der Waals surface area contributed by atoms with E-state index in [0.717, 1.165) is 51.6 Å². The summed E-state index contributed by atoms with van der Waals surface area (Å²) in [4.78, 5) is 25.7. The molecule has 1 heterocycles. The predicted molar refractivity (Wildman–Crippen MR) is 121 cm³/mol. The van der Waals surface area contributed by atoms with Gasteiger partial charge in [0.05, 0.1) is 6.61 Å². The first kappa shape index (κ1) is 24.8. The lowest BCUT2D eigenvalue weighted by molar-refractivity contribution is -0.134. The number of likely N-dealkylation sites (tertiary alicyclic amines) is 1. The Morgan fingerprint density at radius 1 is 1.13 bits per heavy atom. The van der Waals surface area contributed by atoms with E-state index in [1.807, 2.05) is 32.6 Å². The Balaban J connectivity index is 1.66. The highest BCUT2D eigenvalue weighted by molar-refractivity contribution is 5.76. The van der Waals surface area contributed by atoms with Crippen LogP contribution in [0, 0.1) is 5.92 Å². The number of benzene rings is 1. The van der Waals surface area contributed by atoms with Gasteiger partial charge in [0, 0.05) is 19.5 Å². The van der Waals surface area contributed by atoms with Gasteiger partial charge >= 0.3 is 12.1 Å². The second kappa shape index (κ2) is 11.8. The van der Waals surface area contributed by atoms with E-state index in [1.165, 1.54) is 0 Å². The van der Waals surface area contributed by atoms with E-state index in [-0.39, 0.29) is 12.1 Å². The first-order chi connectivity index (χ1) is 14.7. The molecular formula is C24H38N2O5. The molecular weight excluding hydrogens is 396 g/mol. The lowest BCUT2D eigenvalue weighted by Crippen LogP contribution is -2.41. The first-order valence-electron chi connectivity index (χ1n) is 11.4. The maximum absolute atomic E-state index is 12.1. The Kier molecular flexibility index (Phi) is 9.46. The van der Waals surface area contributed by atoms with Crippen LogP contribution in [-0.2, 0) is 9.53 Å². The van der Waals surface area contributed by atoms with Gasteiger partial charge in [-0.2, -0.15) is 0 Å². The number of esters is 1. The molecule has 1 fully saturated rings. The number of amides is 1. The largest absolute Gasteiger partial charge is 0.491 e. The van der Waals surface area contributed by atoms with Crippen LogP contribution in [0.3, 0.4) is 0 Å². The molecule has 2 rings (SSSR count).